The second-order valence-corrected chi connectivity index (χ2v) is 7.12. The molecule has 2 nitrogen and oxygen atoms in total. The van der Waals surface area contributed by atoms with Gasteiger partial charge in [-0.05, 0) is 41.7 Å². The molecule has 0 aromatic heterocycles. The van der Waals surface area contributed by atoms with Gasteiger partial charge in [-0.15, -0.1) is 0 Å². The Labute approximate surface area is 136 Å². The molecule has 3 heteroatoms. The van der Waals surface area contributed by atoms with E-state index in [1.165, 1.54) is 24.9 Å². The lowest BCUT2D eigenvalue weighted by Crippen LogP contribution is -2.45. The number of nitrogens with zero attached hydrogens (tertiary/aromatic N) is 2. The number of likely N-dealkylation sites (tertiary alicyclic amines) is 1. The Kier molecular flexibility index (Phi) is 2.99. The van der Waals surface area contributed by atoms with Crippen molar-refractivity contribution in [3.8, 4) is 0 Å². The Balaban J connectivity index is 1.39. The summed E-state index contributed by atoms with van der Waals surface area (Å²) in [4.78, 5) is 5.21. The van der Waals surface area contributed by atoms with Gasteiger partial charge in [0.25, 0.3) is 0 Å². The minimum atomic E-state index is -0.150. The van der Waals surface area contributed by atoms with E-state index in [0.717, 1.165) is 19.6 Å². The summed E-state index contributed by atoms with van der Waals surface area (Å²) in [5, 5.41) is 0. The lowest BCUT2D eigenvalue weighted by Gasteiger charge is -2.38. The van der Waals surface area contributed by atoms with Crippen molar-refractivity contribution in [1.29, 1.82) is 0 Å². The maximum atomic E-state index is 13.1. The Hall–Kier alpha value is -1.87. The minimum Gasteiger partial charge on any atom is -0.367 e. The zero-order valence-electron chi connectivity index (χ0n) is 13.2. The highest BCUT2D eigenvalue weighted by atomic mass is 19.1. The summed E-state index contributed by atoms with van der Waals surface area (Å²) in [5.41, 5.74) is 5.86. The molecule has 2 aromatic rings. The van der Waals surface area contributed by atoms with E-state index in [0.29, 0.717) is 12.0 Å². The minimum absolute atomic E-state index is 0.150. The molecule has 0 unspecified atom stereocenters. The van der Waals surface area contributed by atoms with Crippen LogP contribution in [0.5, 0.6) is 0 Å². The molecule has 2 aromatic carbocycles. The molecule has 23 heavy (non-hydrogen) atoms. The van der Waals surface area contributed by atoms with Crippen molar-refractivity contribution in [1.82, 2.24) is 4.90 Å². The van der Waals surface area contributed by atoms with E-state index >= 15 is 0 Å². The topological polar surface area (TPSA) is 6.48 Å². The van der Waals surface area contributed by atoms with E-state index in [-0.39, 0.29) is 5.82 Å². The maximum absolute atomic E-state index is 13.1. The van der Waals surface area contributed by atoms with Crippen molar-refractivity contribution in [2.45, 2.75) is 31.3 Å². The smallest absolute Gasteiger partial charge is 0.123 e. The van der Waals surface area contributed by atoms with E-state index in [2.05, 4.69) is 28.0 Å². The Morgan fingerprint density at radius 2 is 1.91 bits per heavy atom. The molecule has 0 N–H and O–H groups in total. The van der Waals surface area contributed by atoms with Crippen molar-refractivity contribution in [2.24, 2.45) is 0 Å². The Bertz CT molecular complexity index is 740. The highest BCUT2D eigenvalue weighted by Gasteiger charge is 2.44. The van der Waals surface area contributed by atoms with Crippen LogP contribution in [0.15, 0.2) is 42.5 Å². The van der Waals surface area contributed by atoms with Gasteiger partial charge in [-0.1, -0.05) is 30.3 Å². The van der Waals surface area contributed by atoms with Gasteiger partial charge < -0.3 is 4.90 Å². The van der Waals surface area contributed by atoms with Crippen LogP contribution in [-0.4, -0.2) is 30.6 Å². The largest absolute Gasteiger partial charge is 0.367 e. The Morgan fingerprint density at radius 3 is 2.78 bits per heavy atom. The molecule has 0 radical (unpaired) electrons. The monoisotopic (exact) mass is 308 g/mol. The van der Waals surface area contributed by atoms with Gasteiger partial charge in [0.2, 0.25) is 0 Å². The summed E-state index contributed by atoms with van der Waals surface area (Å²) in [6, 6.07) is 14.5. The standard InChI is InChI=1S/C20H21FN2/c21-16-6-4-14(5-7-16)12-22-10-9-19-18(13-22)17-3-1-2-15-8-11-23(19)20(15)17/h1-7,18-19H,8-13H2/t18-,19-/m0/s1. The molecule has 5 rings (SSSR count). The third kappa shape index (κ3) is 2.10. The van der Waals surface area contributed by atoms with Gasteiger partial charge in [0.1, 0.15) is 5.82 Å². The summed E-state index contributed by atoms with van der Waals surface area (Å²) < 4.78 is 13.1. The summed E-state index contributed by atoms with van der Waals surface area (Å²) in [5.74, 6) is 0.488. The van der Waals surface area contributed by atoms with Crippen LogP contribution < -0.4 is 4.90 Å². The molecular weight excluding hydrogens is 287 g/mol. The second kappa shape index (κ2) is 5.07. The lowest BCUT2D eigenvalue weighted by atomic mass is 9.87. The van der Waals surface area contributed by atoms with E-state index < -0.39 is 0 Å². The molecule has 1 saturated heterocycles. The van der Waals surface area contributed by atoms with Crippen LogP contribution in [0.25, 0.3) is 0 Å². The number of hydrogen-bond acceptors (Lipinski definition) is 2. The van der Waals surface area contributed by atoms with Crippen LogP contribution in [0.2, 0.25) is 0 Å². The predicted molar refractivity (Wildman–Crippen MR) is 90.3 cm³/mol. The molecule has 0 spiro atoms. The third-order valence-corrected chi connectivity index (χ3v) is 5.84. The number of anilines is 1. The molecule has 3 heterocycles. The van der Waals surface area contributed by atoms with Gasteiger partial charge in [-0.25, -0.2) is 4.39 Å². The Morgan fingerprint density at radius 1 is 1.04 bits per heavy atom. The normalized spacial score (nSPS) is 25.5. The number of para-hydroxylation sites is 1. The van der Waals surface area contributed by atoms with Gasteiger partial charge in [0.05, 0.1) is 0 Å². The summed E-state index contributed by atoms with van der Waals surface area (Å²) in [7, 11) is 0. The van der Waals surface area contributed by atoms with Gasteiger partial charge in [-0.3, -0.25) is 4.90 Å². The highest BCUT2D eigenvalue weighted by Crippen LogP contribution is 2.49. The second-order valence-electron chi connectivity index (χ2n) is 7.12. The number of rotatable bonds is 2. The lowest BCUT2D eigenvalue weighted by molar-refractivity contribution is 0.186. The third-order valence-electron chi connectivity index (χ3n) is 5.84. The van der Waals surface area contributed by atoms with Gasteiger partial charge in [-0.2, -0.15) is 0 Å². The van der Waals surface area contributed by atoms with Crippen molar-refractivity contribution < 1.29 is 4.39 Å². The van der Waals surface area contributed by atoms with E-state index in [1.807, 2.05) is 12.1 Å². The predicted octanol–water partition coefficient (Wildman–Crippen LogP) is 3.56. The molecule has 0 bridgehead atoms. The van der Waals surface area contributed by atoms with Crippen LogP contribution in [-0.2, 0) is 13.0 Å². The fourth-order valence-corrected chi connectivity index (χ4v) is 4.82. The number of benzene rings is 2. The van der Waals surface area contributed by atoms with Crippen LogP contribution in [0.4, 0.5) is 10.1 Å². The first-order valence-corrected chi connectivity index (χ1v) is 8.65. The van der Waals surface area contributed by atoms with E-state index in [4.69, 9.17) is 0 Å². The molecule has 0 saturated carbocycles. The van der Waals surface area contributed by atoms with E-state index in [9.17, 15) is 4.39 Å². The quantitative estimate of drug-likeness (QED) is 0.837. The molecule has 3 aliphatic heterocycles. The molecule has 1 fully saturated rings. The van der Waals surface area contributed by atoms with Gasteiger partial charge in [0.15, 0.2) is 0 Å². The van der Waals surface area contributed by atoms with Gasteiger partial charge in [0, 0.05) is 43.8 Å². The summed E-state index contributed by atoms with van der Waals surface area (Å²) in [6.07, 6.45) is 2.45. The molecule has 0 aliphatic carbocycles. The number of piperidine rings is 1. The zero-order chi connectivity index (χ0) is 15.4. The summed E-state index contributed by atoms with van der Waals surface area (Å²) in [6.45, 7) is 4.39. The fraction of sp³-hybridized carbons (Fsp3) is 0.400. The van der Waals surface area contributed by atoms with Crippen LogP contribution in [0.1, 0.15) is 29.0 Å². The molecule has 0 amide bonds. The highest BCUT2D eigenvalue weighted by molar-refractivity contribution is 5.70. The van der Waals surface area contributed by atoms with Crippen molar-refractivity contribution in [3.63, 3.8) is 0 Å². The maximum Gasteiger partial charge on any atom is 0.123 e. The average Bonchev–Trinajstić information content (AvgIpc) is 3.14. The first-order chi connectivity index (χ1) is 11.3. The SMILES string of the molecule is Fc1ccc(CN2CC[C@H]3[C@@H](C2)c2cccc4c2N3CC4)cc1. The molecular formula is C20H21FN2. The number of halogens is 1. The number of fused-ring (bicyclic) bond motifs is 3. The first kappa shape index (κ1) is 13.6. The summed E-state index contributed by atoms with van der Waals surface area (Å²) >= 11 is 0. The van der Waals surface area contributed by atoms with Crippen LogP contribution in [0, 0.1) is 5.82 Å². The van der Waals surface area contributed by atoms with Crippen molar-refractivity contribution in [2.75, 3.05) is 24.5 Å². The first-order valence-electron chi connectivity index (χ1n) is 8.65. The van der Waals surface area contributed by atoms with Crippen LogP contribution >= 0.6 is 0 Å². The fourth-order valence-electron chi connectivity index (χ4n) is 4.82. The van der Waals surface area contributed by atoms with Crippen molar-refractivity contribution >= 4 is 5.69 Å². The molecule has 2 atom stereocenters. The van der Waals surface area contributed by atoms with Crippen LogP contribution in [0.3, 0.4) is 0 Å². The van der Waals surface area contributed by atoms with Gasteiger partial charge >= 0.3 is 0 Å². The molecule has 118 valence electrons. The average molecular weight is 308 g/mol. The van der Waals surface area contributed by atoms with E-state index in [1.54, 1.807) is 28.9 Å². The number of hydrogen-bond donors (Lipinski definition) is 0. The molecule has 3 aliphatic rings. The zero-order valence-corrected chi connectivity index (χ0v) is 13.2. The van der Waals surface area contributed by atoms with Crippen molar-refractivity contribution in [3.05, 3.63) is 65.0 Å².